The zero-order valence-electron chi connectivity index (χ0n) is 7.53. The number of carboxylic acid groups (broad SMARTS) is 1. The average molecular weight is 178 g/mol. The molecule has 0 amide bonds. The Hall–Kier alpha value is -1.60. The van der Waals surface area contributed by atoms with E-state index in [1.165, 1.54) is 0 Å². The Morgan fingerprint density at radius 3 is 2.92 bits per heavy atom. The summed E-state index contributed by atoms with van der Waals surface area (Å²) in [5.74, 6) is -0.772. The van der Waals surface area contributed by atoms with E-state index >= 15 is 0 Å². The van der Waals surface area contributed by atoms with Gasteiger partial charge in [-0.1, -0.05) is 22.9 Å². The summed E-state index contributed by atoms with van der Waals surface area (Å²) < 4.78 is 4.05. The van der Waals surface area contributed by atoms with Crippen LogP contribution in [0.2, 0.25) is 0 Å². The first-order valence-electron chi connectivity index (χ1n) is 4.20. The summed E-state index contributed by atoms with van der Waals surface area (Å²) in [6, 6.07) is 0. The summed E-state index contributed by atoms with van der Waals surface area (Å²) in [7, 11) is 0. The summed E-state index contributed by atoms with van der Waals surface area (Å²) in [6.07, 6.45) is 8.33. The molecule has 0 aromatic carbocycles. The fourth-order valence-corrected chi connectivity index (χ4v) is 0.918. The van der Waals surface area contributed by atoms with Crippen molar-refractivity contribution in [2.24, 2.45) is 0 Å². The van der Waals surface area contributed by atoms with Crippen molar-refractivity contribution in [2.75, 3.05) is 0 Å². The first-order valence-corrected chi connectivity index (χ1v) is 4.20. The third-order valence-corrected chi connectivity index (χ3v) is 1.63. The molecule has 1 rings (SSSR count). The van der Waals surface area contributed by atoms with E-state index in [0.717, 1.165) is 11.4 Å². The molecule has 0 atom stereocenters. The molecule has 0 spiro atoms. The molecule has 0 saturated heterocycles. The summed E-state index contributed by atoms with van der Waals surface area (Å²) >= 11 is 0. The molecule has 68 valence electrons. The molecular formula is C10H12NO2+. The van der Waals surface area contributed by atoms with Gasteiger partial charge in [-0.15, -0.1) is 0 Å². The van der Waals surface area contributed by atoms with Gasteiger partial charge in [0, 0.05) is 6.08 Å². The third-order valence-electron chi connectivity index (χ3n) is 1.63. The molecule has 3 nitrogen and oxygen atoms in total. The molecule has 0 bridgehead atoms. The monoisotopic (exact) mass is 178 g/mol. The van der Waals surface area contributed by atoms with Crippen LogP contribution in [0.1, 0.15) is 19.8 Å². The first-order chi connectivity index (χ1) is 6.24. The third kappa shape index (κ3) is 3.54. The predicted octanol–water partition coefficient (Wildman–Crippen LogP) is 0.946. The summed E-state index contributed by atoms with van der Waals surface area (Å²) in [6.45, 7) is 1.94. The van der Waals surface area contributed by atoms with Crippen LogP contribution >= 0.6 is 0 Å². The molecule has 0 fully saturated rings. The van der Waals surface area contributed by atoms with Crippen molar-refractivity contribution in [3.63, 3.8) is 0 Å². The average Bonchev–Trinajstić information content (AvgIpc) is 2.81. The van der Waals surface area contributed by atoms with Crippen molar-refractivity contribution in [2.45, 2.75) is 19.8 Å². The van der Waals surface area contributed by atoms with Crippen LogP contribution < -0.4 is 4.67 Å². The zero-order valence-corrected chi connectivity index (χ0v) is 7.53. The molecule has 0 saturated carbocycles. The number of rotatable bonds is 5. The lowest BCUT2D eigenvalue weighted by Crippen LogP contribution is -2.00. The number of carbonyl (C=O) groups is 1. The predicted molar refractivity (Wildman–Crippen MR) is 53.0 cm³/mol. The van der Waals surface area contributed by atoms with Crippen LogP contribution in [0.25, 0.3) is 0 Å². The summed E-state index contributed by atoms with van der Waals surface area (Å²) in [5, 5.41) is 8.40. The number of allylic oxidation sites excluding steroid dienone is 4. The molecule has 1 aliphatic rings. The molecule has 1 heterocycles. The van der Waals surface area contributed by atoms with Gasteiger partial charge in [0.1, 0.15) is 0 Å². The fourth-order valence-electron chi connectivity index (χ4n) is 0.918. The minimum absolute atomic E-state index is 0.166. The van der Waals surface area contributed by atoms with Crippen LogP contribution in [0.15, 0.2) is 24.3 Å². The normalized spacial score (nSPS) is 14.8. The second kappa shape index (κ2) is 4.43. The SMILES string of the molecule is CC=CC=CC1=[N+]=C1CCC(=O)O. The highest BCUT2D eigenvalue weighted by Gasteiger charge is 2.36. The Balaban J connectivity index is 2.18. The van der Waals surface area contributed by atoms with Gasteiger partial charge < -0.3 is 5.11 Å². The minimum atomic E-state index is -0.772. The number of nitrogens with zero attached hydrogens (tertiary/aromatic N) is 1. The van der Waals surface area contributed by atoms with Gasteiger partial charge >= 0.3 is 17.4 Å². The molecular weight excluding hydrogens is 166 g/mol. The maximum absolute atomic E-state index is 10.2. The highest BCUT2D eigenvalue weighted by molar-refractivity contribution is 6.55. The van der Waals surface area contributed by atoms with Gasteiger partial charge in [-0.2, -0.15) is 0 Å². The maximum atomic E-state index is 10.2. The molecule has 3 heteroatoms. The Morgan fingerprint density at radius 1 is 1.54 bits per heavy atom. The van der Waals surface area contributed by atoms with Crippen LogP contribution in [0.3, 0.4) is 0 Å². The van der Waals surface area contributed by atoms with E-state index in [1.807, 2.05) is 31.2 Å². The van der Waals surface area contributed by atoms with Gasteiger partial charge in [-0.25, -0.2) is 0 Å². The Morgan fingerprint density at radius 2 is 2.31 bits per heavy atom. The highest BCUT2D eigenvalue weighted by Crippen LogP contribution is 1.99. The number of aliphatic carboxylic acids is 1. The van der Waals surface area contributed by atoms with Crippen molar-refractivity contribution in [3.05, 3.63) is 24.3 Å². The molecule has 13 heavy (non-hydrogen) atoms. The van der Waals surface area contributed by atoms with Crippen LogP contribution in [0.5, 0.6) is 0 Å². The van der Waals surface area contributed by atoms with Crippen molar-refractivity contribution in [1.82, 2.24) is 4.67 Å². The van der Waals surface area contributed by atoms with Gasteiger partial charge in [-0.3, -0.25) is 4.79 Å². The second-order valence-electron chi connectivity index (χ2n) is 2.72. The smallest absolute Gasteiger partial charge is 0.411 e. The molecule has 1 aliphatic heterocycles. The standard InChI is InChI=1S/C10H11NO2/c1-2-3-4-5-8-9(11-8)6-7-10(12)13/h2-5H,6-7H2,1H3/p+1. The molecule has 0 unspecified atom stereocenters. The fraction of sp³-hybridized carbons (Fsp3) is 0.300. The maximum Gasteiger partial charge on any atom is 0.411 e. The van der Waals surface area contributed by atoms with Crippen molar-refractivity contribution in [1.29, 1.82) is 0 Å². The van der Waals surface area contributed by atoms with E-state index in [0.29, 0.717) is 6.42 Å². The summed E-state index contributed by atoms with van der Waals surface area (Å²) in [4.78, 5) is 10.2. The highest BCUT2D eigenvalue weighted by atomic mass is 16.4. The van der Waals surface area contributed by atoms with E-state index < -0.39 is 5.97 Å². The zero-order chi connectivity index (χ0) is 9.68. The minimum Gasteiger partial charge on any atom is -0.481 e. The van der Waals surface area contributed by atoms with E-state index in [4.69, 9.17) is 5.11 Å². The van der Waals surface area contributed by atoms with E-state index in [9.17, 15) is 4.79 Å². The largest absolute Gasteiger partial charge is 0.481 e. The van der Waals surface area contributed by atoms with Gasteiger partial charge in [-0.05, 0) is 6.92 Å². The van der Waals surface area contributed by atoms with Crippen LogP contribution in [-0.4, -0.2) is 22.5 Å². The lowest BCUT2D eigenvalue weighted by Gasteiger charge is -1.79. The van der Waals surface area contributed by atoms with Crippen LogP contribution in [0.4, 0.5) is 0 Å². The Bertz CT molecular complexity index is 331. The van der Waals surface area contributed by atoms with Gasteiger partial charge in [0.25, 0.3) is 0 Å². The summed E-state index contributed by atoms with van der Waals surface area (Å²) in [5.41, 5.74) is 1.85. The lowest BCUT2D eigenvalue weighted by molar-refractivity contribution is -0.136. The quantitative estimate of drug-likeness (QED) is 0.503. The van der Waals surface area contributed by atoms with Gasteiger partial charge in [0.05, 0.1) is 12.8 Å². The number of hydrogen-bond donors (Lipinski definition) is 1. The first kappa shape index (κ1) is 9.49. The second-order valence-corrected chi connectivity index (χ2v) is 2.72. The van der Waals surface area contributed by atoms with Crippen LogP contribution in [-0.2, 0) is 4.79 Å². The van der Waals surface area contributed by atoms with Crippen molar-refractivity contribution >= 4 is 17.4 Å². The number of hydrogen-bond acceptors (Lipinski definition) is 1. The van der Waals surface area contributed by atoms with Crippen molar-refractivity contribution in [3.8, 4) is 0 Å². The number of carboxylic acids is 1. The van der Waals surface area contributed by atoms with E-state index in [2.05, 4.69) is 4.67 Å². The topological polar surface area (TPSA) is 51.4 Å². The Labute approximate surface area is 76.8 Å². The molecule has 0 aromatic rings. The molecule has 0 radical (unpaired) electrons. The van der Waals surface area contributed by atoms with Gasteiger partial charge in [0.2, 0.25) is 0 Å². The molecule has 0 aliphatic carbocycles. The molecule has 1 N–H and O–H groups in total. The van der Waals surface area contributed by atoms with Gasteiger partial charge in [0.15, 0.2) is 0 Å². The molecule has 0 aromatic heterocycles. The van der Waals surface area contributed by atoms with Crippen molar-refractivity contribution < 1.29 is 9.90 Å². The van der Waals surface area contributed by atoms with E-state index in [-0.39, 0.29) is 6.42 Å². The van der Waals surface area contributed by atoms with Crippen LogP contribution in [0, 0.1) is 0 Å². The van der Waals surface area contributed by atoms with E-state index in [1.54, 1.807) is 0 Å². The lowest BCUT2D eigenvalue weighted by atomic mass is 10.2. The Kier molecular flexibility index (Phi) is 3.23.